The maximum Gasteiger partial charge on any atom is 0.321 e. The Bertz CT molecular complexity index is 866. The Kier molecular flexibility index (Phi) is 5.16. The van der Waals surface area contributed by atoms with E-state index in [1.165, 1.54) is 17.0 Å². The molecule has 1 aromatic carbocycles. The van der Waals surface area contributed by atoms with Gasteiger partial charge in [-0.2, -0.15) is 5.10 Å². The van der Waals surface area contributed by atoms with Crippen molar-refractivity contribution in [3.05, 3.63) is 42.0 Å². The van der Waals surface area contributed by atoms with Crippen molar-refractivity contribution in [2.45, 2.75) is 33.1 Å². The largest absolute Gasteiger partial charge is 0.481 e. The molecule has 0 bridgehead atoms. The number of amides is 2. The van der Waals surface area contributed by atoms with Crippen LogP contribution in [-0.4, -0.2) is 44.9 Å². The van der Waals surface area contributed by atoms with E-state index in [9.17, 15) is 19.1 Å². The van der Waals surface area contributed by atoms with Crippen LogP contribution in [0.5, 0.6) is 0 Å². The number of likely N-dealkylation sites (tertiary alicyclic amines) is 1. The highest BCUT2D eigenvalue weighted by Gasteiger charge is 2.42. The molecule has 7 nitrogen and oxygen atoms in total. The standard InChI is InChI=1S/C19H23FN4O3/c1-3-5-16-15(11-21-24(16)14-7-4-6-13(20)10-14)22-18(27)23-9-8-19(2,12-23)17(25)26/h4,6-7,10-11H,3,5,8-9,12H2,1-2H3,(H,22,27)(H,25,26). The minimum Gasteiger partial charge on any atom is -0.481 e. The van der Waals surface area contributed by atoms with Crippen LogP contribution in [-0.2, 0) is 11.2 Å². The topological polar surface area (TPSA) is 87.5 Å². The SMILES string of the molecule is CCCc1c(NC(=O)N2CCC(C)(C(=O)O)C2)cnn1-c1cccc(F)c1. The van der Waals surface area contributed by atoms with Gasteiger partial charge in [0, 0.05) is 13.1 Å². The van der Waals surface area contributed by atoms with E-state index in [-0.39, 0.29) is 18.4 Å². The Morgan fingerprint density at radius 2 is 2.19 bits per heavy atom. The Morgan fingerprint density at radius 3 is 2.81 bits per heavy atom. The average molecular weight is 374 g/mol. The zero-order chi connectivity index (χ0) is 19.6. The summed E-state index contributed by atoms with van der Waals surface area (Å²) in [7, 11) is 0. The first-order valence-corrected chi connectivity index (χ1v) is 8.96. The highest BCUT2D eigenvalue weighted by atomic mass is 19.1. The van der Waals surface area contributed by atoms with E-state index in [1.807, 2.05) is 6.92 Å². The molecule has 1 atom stereocenters. The fraction of sp³-hybridized carbons (Fsp3) is 0.421. The minimum atomic E-state index is -0.921. The second-order valence-electron chi connectivity index (χ2n) is 7.11. The monoisotopic (exact) mass is 374 g/mol. The normalized spacial score (nSPS) is 19.3. The van der Waals surface area contributed by atoms with Gasteiger partial charge in [0.2, 0.25) is 0 Å². The third kappa shape index (κ3) is 3.79. The van der Waals surface area contributed by atoms with Crippen LogP contribution in [0.25, 0.3) is 5.69 Å². The Hall–Kier alpha value is -2.90. The molecule has 1 aromatic heterocycles. The quantitative estimate of drug-likeness (QED) is 0.841. The molecule has 8 heteroatoms. The molecule has 2 N–H and O–H groups in total. The lowest BCUT2D eigenvalue weighted by Gasteiger charge is -2.20. The molecule has 144 valence electrons. The first kappa shape index (κ1) is 18.9. The van der Waals surface area contributed by atoms with Crippen molar-refractivity contribution in [3.63, 3.8) is 0 Å². The average Bonchev–Trinajstić information content (AvgIpc) is 3.21. The van der Waals surface area contributed by atoms with E-state index in [1.54, 1.807) is 29.9 Å². The zero-order valence-corrected chi connectivity index (χ0v) is 15.4. The van der Waals surface area contributed by atoms with E-state index in [0.717, 1.165) is 12.1 Å². The van der Waals surface area contributed by atoms with Gasteiger partial charge in [-0.15, -0.1) is 0 Å². The summed E-state index contributed by atoms with van der Waals surface area (Å²) < 4.78 is 15.2. The number of nitrogens with one attached hydrogen (secondary N) is 1. The lowest BCUT2D eigenvalue weighted by atomic mass is 9.90. The van der Waals surface area contributed by atoms with Gasteiger partial charge < -0.3 is 15.3 Å². The van der Waals surface area contributed by atoms with Crippen molar-refractivity contribution in [3.8, 4) is 5.69 Å². The summed E-state index contributed by atoms with van der Waals surface area (Å²) in [5, 5.41) is 16.5. The van der Waals surface area contributed by atoms with Crippen LogP contribution >= 0.6 is 0 Å². The zero-order valence-electron chi connectivity index (χ0n) is 15.4. The van der Waals surface area contributed by atoms with Crippen LogP contribution in [0.3, 0.4) is 0 Å². The summed E-state index contributed by atoms with van der Waals surface area (Å²) >= 11 is 0. The molecule has 2 heterocycles. The number of hydrogen-bond acceptors (Lipinski definition) is 3. The van der Waals surface area contributed by atoms with Gasteiger partial charge in [0.25, 0.3) is 0 Å². The van der Waals surface area contributed by atoms with Crippen molar-refractivity contribution in [1.29, 1.82) is 0 Å². The smallest absolute Gasteiger partial charge is 0.321 e. The number of carboxylic acid groups (broad SMARTS) is 1. The summed E-state index contributed by atoms with van der Waals surface area (Å²) in [6.45, 7) is 4.20. The van der Waals surface area contributed by atoms with Crippen molar-refractivity contribution >= 4 is 17.7 Å². The molecule has 27 heavy (non-hydrogen) atoms. The Balaban J connectivity index is 1.81. The number of carboxylic acids is 1. The van der Waals surface area contributed by atoms with E-state index in [4.69, 9.17) is 0 Å². The Labute approximate surface area is 156 Å². The number of aromatic nitrogens is 2. The van der Waals surface area contributed by atoms with Crippen LogP contribution in [0, 0.1) is 11.2 Å². The number of urea groups is 1. The molecule has 2 amide bonds. The number of aliphatic carboxylic acids is 1. The number of carbonyl (C=O) groups excluding carboxylic acids is 1. The van der Waals surface area contributed by atoms with Crippen molar-refractivity contribution in [2.24, 2.45) is 5.41 Å². The summed E-state index contributed by atoms with van der Waals surface area (Å²) in [6, 6.07) is 5.76. The van der Waals surface area contributed by atoms with Crippen LogP contribution in [0.1, 0.15) is 32.4 Å². The number of nitrogens with zero attached hydrogens (tertiary/aromatic N) is 3. The van der Waals surface area contributed by atoms with E-state index >= 15 is 0 Å². The number of halogens is 1. The highest BCUT2D eigenvalue weighted by molar-refractivity contribution is 5.91. The predicted molar refractivity (Wildman–Crippen MR) is 98.5 cm³/mol. The number of carbonyl (C=O) groups is 2. The molecule has 0 aliphatic carbocycles. The fourth-order valence-corrected chi connectivity index (χ4v) is 3.29. The Morgan fingerprint density at radius 1 is 1.41 bits per heavy atom. The first-order valence-electron chi connectivity index (χ1n) is 8.96. The van der Waals surface area contributed by atoms with Crippen LogP contribution < -0.4 is 5.32 Å². The number of rotatable bonds is 5. The predicted octanol–water partition coefficient (Wildman–Crippen LogP) is 3.29. The van der Waals surface area contributed by atoms with Gasteiger partial charge >= 0.3 is 12.0 Å². The van der Waals surface area contributed by atoms with E-state index < -0.39 is 11.4 Å². The highest BCUT2D eigenvalue weighted by Crippen LogP contribution is 2.31. The maximum atomic E-state index is 13.6. The minimum absolute atomic E-state index is 0.162. The third-order valence-corrected chi connectivity index (χ3v) is 4.93. The van der Waals surface area contributed by atoms with Gasteiger partial charge in [-0.3, -0.25) is 4.79 Å². The van der Waals surface area contributed by atoms with Gasteiger partial charge in [-0.05, 0) is 38.0 Å². The second kappa shape index (κ2) is 7.38. The molecular formula is C19H23FN4O3. The molecule has 0 saturated carbocycles. The summed E-state index contributed by atoms with van der Waals surface area (Å²) in [6.07, 6.45) is 3.43. The molecule has 1 fully saturated rings. The van der Waals surface area contributed by atoms with Crippen molar-refractivity contribution in [1.82, 2.24) is 14.7 Å². The molecule has 1 unspecified atom stereocenters. The van der Waals surface area contributed by atoms with Crippen LogP contribution in [0.2, 0.25) is 0 Å². The van der Waals surface area contributed by atoms with Gasteiger partial charge in [0.15, 0.2) is 0 Å². The lowest BCUT2D eigenvalue weighted by molar-refractivity contribution is -0.146. The number of anilines is 1. The molecule has 3 rings (SSSR count). The van der Waals surface area contributed by atoms with Gasteiger partial charge in [-0.1, -0.05) is 19.4 Å². The number of benzene rings is 1. The van der Waals surface area contributed by atoms with Gasteiger partial charge in [0.1, 0.15) is 5.82 Å². The molecule has 0 spiro atoms. The molecular weight excluding hydrogens is 351 g/mol. The van der Waals surface area contributed by atoms with Crippen molar-refractivity contribution < 1.29 is 19.1 Å². The van der Waals surface area contributed by atoms with E-state index in [0.29, 0.717) is 30.8 Å². The molecule has 1 aliphatic rings. The van der Waals surface area contributed by atoms with Crippen molar-refractivity contribution in [2.75, 3.05) is 18.4 Å². The summed E-state index contributed by atoms with van der Waals surface area (Å²) in [5.74, 6) is -1.26. The van der Waals surface area contributed by atoms with Gasteiger partial charge in [-0.25, -0.2) is 13.9 Å². The lowest BCUT2D eigenvalue weighted by Crippen LogP contribution is -2.37. The molecule has 1 saturated heterocycles. The summed E-state index contributed by atoms with van der Waals surface area (Å²) in [5.41, 5.74) is 0.986. The molecule has 1 aliphatic heterocycles. The van der Waals surface area contributed by atoms with Crippen LogP contribution in [0.4, 0.5) is 14.9 Å². The maximum absolute atomic E-state index is 13.6. The van der Waals surface area contributed by atoms with Gasteiger partial charge in [0.05, 0.1) is 28.7 Å². The third-order valence-electron chi connectivity index (χ3n) is 4.93. The van der Waals surface area contributed by atoms with E-state index in [2.05, 4.69) is 10.4 Å². The molecule has 0 radical (unpaired) electrons. The second-order valence-corrected chi connectivity index (χ2v) is 7.11. The summed E-state index contributed by atoms with van der Waals surface area (Å²) in [4.78, 5) is 25.5. The van der Waals surface area contributed by atoms with Crippen LogP contribution in [0.15, 0.2) is 30.5 Å². The fourth-order valence-electron chi connectivity index (χ4n) is 3.29. The number of hydrogen-bond donors (Lipinski definition) is 2. The molecule has 2 aromatic rings. The first-order chi connectivity index (χ1) is 12.8.